The molecular formula is C11H16N2. The molecule has 0 spiro atoms. The van der Waals surface area contributed by atoms with Gasteiger partial charge in [-0.1, -0.05) is 44.2 Å². The van der Waals surface area contributed by atoms with Gasteiger partial charge in [0.1, 0.15) is 0 Å². The van der Waals surface area contributed by atoms with E-state index < -0.39 is 0 Å². The van der Waals surface area contributed by atoms with E-state index in [1.54, 1.807) is 0 Å². The van der Waals surface area contributed by atoms with Crippen LogP contribution in [0.2, 0.25) is 0 Å². The first-order valence-corrected chi connectivity index (χ1v) is 4.73. The van der Waals surface area contributed by atoms with Crippen molar-refractivity contribution >= 4 is 0 Å². The van der Waals surface area contributed by atoms with Gasteiger partial charge >= 0.3 is 0 Å². The molecular weight excluding hydrogens is 160 g/mol. The number of nitrogens with one attached hydrogen (secondary N) is 2. The Balaban J connectivity index is 2.27. The van der Waals surface area contributed by atoms with Crippen molar-refractivity contribution in [1.82, 2.24) is 10.9 Å². The Morgan fingerprint density at radius 2 is 1.92 bits per heavy atom. The Morgan fingerprint density at radius 1 is 1.23 bits per heavy atom. The summed E-state index contributed by atoms with van der Waals surface area (Å²) in [6.45, 7) is 5.57. The molecule has 2 nitrogen and oxygen atoms in total. The molecule has 1 fully saturated rings. The fraction of sp³-hybridized carbons (Fsp3) is 0.455. The summed E-state index contributed by atoms with van der Waals surface area (Å²) in [5, 5.41) is 0. The van der Waals surface area contributed by atoms with E-state index in [0.717, 1.165) is 6.54 Å². The molecule has 1 aliphatic rings. The molecule has 0 radical (unpaired) electrons. The van der Waals surface area contributed by atoms with Crippen LogP contribution in [-0.4, -0.2) is 6.54 Å². The average Bonchev–Trinajstić information content (AvgIpc) is 2.47. The highest BCUT2D eigenvalue weighted by Crippen LogP contribution is 2.34. The molecule has 13 heavy (non-hydrogen) atoms. The Labute approximate surface area is 79.3 Å². The van der Waals surface area contributed by atoms with Crippen molar-refractivity contribution in [1.29, 1.82) is 0 Å². The molecule has 0 saturated carbocycles. The van der Waals surface area contributed by atoms with Gasteiger partial charge in [0.25, 0.3) is 0 Å². The zero-order valence-electron chi connectivity index (χ0n) is 8.17. The van der Waals surface area contributed by atoms with E-state index in [4.69, 9.17) is 0 Å². The maximum Gasteiger partial charge on any atom is 0.0525 e. The zero-order chi connectivity index (χ0) is 9.31. The SMILES string of the molecule is CC1(C)CNNC1c1ccccc1. The van der Waals surface area contributed by atoms with Gasteiger partial charge in [-0.2, -0.15) is 0 Å². The number of benzene rings is 1. The van der Waals surface area contributed by atoms with Crippen LogP contribution in [0.15, 0.2) is 30.3 Å². The highest BCUT2D eigenvalue weighted by Gasteiger charge is 2.34. The van der Waals surface area contributed by atoms with Crippen LogP contribution in [0.3, 0.4) is 0 Å². The maximum absolute atomic E-state index is 3.31. The summed E-state index contributed by atoms with van der Waals surface area (Å²) in [4.78, 5) is 0. The standard InChI is InChI=1S/C11H16N2/c1-11(2)8-12-13-10(11)9-6-4-3-5-7-9/h3-7,10,12-13H,8H2,1-2H3. The summed E-state index contributed by atoms with van der Waals surface area (Å²) in [6.07, 6.45) is 0. The lowest BCUT2D eigenvalue weighted by Gasteiger charge is -2.25. The van der Waals surface area contributed by atoms with Crippen molar-refractivity contribution in [3.63, 3.8) is 0 Å². The predicted molar refractivity (Wildman–Crippen MR) is 54.1 cm³/mol. The Hall–Kier alpha value is -0.860. The van der Waals surface area contributed by atoms with Crippen LogP contribution in [0, 0.1) is 5.41 Å². The van der Waals surface area contributed by atoms with Crippen molar-refractivity contribution in [3.05, 3.63) is 35.9 Å². The normalized spacial score (nSPS) is 26.2. The summed E-state index contributed by atoms with van der Waals surface area (Å²) < 4.78 is 0. The van der Waals surface area contributed by atoms with Crippen LogP contribution in [0.4, 0.5) is 0 Å². The maximum atomic E-state index is 3.31. The first-order chi connectivity index (χ1) is 6.20. The minimum atomic E-state index is 0.293. The minimum absolute atomic E-state index is 0.293. The molecule has 0 bridgehead atoms. The van der Waals surface area contributed by atoms with E-state index in [1.165, 1.54) is 5.56 Å². The van der Waals surface area contributed by atoms with E-state index in [2.05, 4.69) is 55.0 Å². The fourth-order valence-corrected chi connectivity index (χ4v) is 1.86. The lowest BCUT2D eigenvalue weighted by Crippen LogP contribution is -2.26. The van der Waals surface area contributed by atoms with E-state index in [9.17, 15) is 0 Å². The summed E-state index contributed by atoms with van der Waals surface area (Å²) in [5.41, 5.74) is 8.18. The first kappa shape index (κ1) is 8.73. The third kappa shape index (κ3) is 1.60. The second kappa shape index (κ2) is 3.13. The third-order valence-electron chi connectivity index (χ3n) is 2.70. The van der Waals surface area contributed by atoms with Crippen molar-refractivity contribution in [2.24, 2.45) is 5.41 Å². The Bertz CT molecular complexity index is 279. The lowest BCUT2D eigenvalue weighted by atomic mass is 9.82. The highest BCUT2D eigenvalue weighted by molar-refractivity contribution is 5.22. The van der Waals surface area contributed by atoms with Crippen molar-refractivity contribution < 1.29 is 0 Å². The molecule has 70 valence electrons. The molecule has 1 saturated heterocycles. The van der Waals surface area contributed by atoms with Crippen LogP contribution in [0.1, 0.15) is 25.5 Å². The molecule has 0 amide bonds. The van der Waals surface area contributed by atoms with E-state index in [-0.39, 0.29) is 0 Å². The molecule has 1 aromatic rings. The molecule has 1 aromatic carbocycles. The minimum Gasteiger partial charge on any atom is -0.257 e. The van der Waals surface area contributed by atoms with Gasteiger partial charge in [-0.15, -0.1) is 0 Å². The monoisotopic (exact) mass is 176 g/mol. The largest absolute Gasteiger partial charge is 0.257 e. The van der Waals surface area contributed by atoms with Gasteiger partial charge in [0.05, 0.1) is 6.04 Å². The molecule has 0 aromatic heterocycles. The number of hydrogen-bond donors (Lipinski definition) is 2. The second-order valence-electron chi connectivity index (χ2n) is 4.33. The van der Waals surface area contributed by atoms with Gasteiger partial charge in [0.2, 0.25) is 0 Å². The van der Waals surface area contributed by atoms with Crippen LogP contribution >= 0.6 is 0 Å². The van der Waals surface area contributed by atoms with Gasteiger partial charge in [-0.25, -0.2) is 5.43 Å². The fourth-order valence-electron chi connectivity index (χ4n) is 1.86. The molecule has 0 aliphatic carbocycles. The number of hydrazine groups is 1. The highest BCUT2D eigenvalue weighted by atomic mass is 15.4. The summed E-state index contributed by atoms with van der Waals surface area (Å²) >= 11 is 0. The predicted octanol–water partition coefficient (Wildman–Crippen LogP) is 1.86. The smallest absolute Gasteiger partial charge is 0.0525 e. The van der Waals surface area contributed by atoms with E-state index in [0.29, 0.717) is 11.5 Å². The molecule has 1 atom stereocenters. The third-order valence-corrected chi connectivity index (χ3v) is 2.70. The van der Waals surface area contributed by atoms with Crippen LogP contribution in [-0.2, 0) is 0 Å². The van der Waals surface area contributed by atoms with E-state index >= 15 is 0 Å². The second-order valence-corrected chi connectivity index (χ2v) is 4.33. The molecule has 1 unspecified atom stereocenters. The molecule has 2 N–H and O–H groups in total. The quantitative estimate of drug-likeness (QED) is 0.682. The van der Waals surface area contributed by atoms with Gasteiger partial charge in [-0.05, 0) is 11.0 Å². The van der Waals surface area contributed by atoms with Crippen molar-refractivity contribution in [2.45, 2.75) is 19.9 Å². The van der Waals surface area contributed by atoms with Crippen LogP contribution < -0.4 is 10.9 Å². The van der Waals surface area contributed by atoms with Gasteiger partial charge in [0.15, 0.2) is 0 Å². The molecule has 2 heteroatoms. The zero-order valence-corrected chi connectivity index (χ0v) is 8.17. The topological polar surface area (TPSA) is 24.1 Å². The Kier molecular flexibility index (Phi) is 2.10. The van der Waals surface area contributed by atoms with Crippen LogP contribution in [0.5, 0.6) is 0 Å². The molecule has 2 rings (SSSR count). The number of rotatable bonds is 1. The van der Waals surface area contributed by atoms with Crippen molar-refractivity contribution in [2.75, 3.05) is 6.54 Å². The first-order valence-electron chi connectivity index (χ1n) is 4.73. The average molecular weight is 176 g/mol. The molecule has 1 aliphatic heterocycles. The number of hydrogen-bond acceptors (Lipinski definition) is 2. The summed E-state index contributed by atoms with van der Waals surface area (Å²) in [5.74, 6) is 0. The lowest BCUT2D eigenvalue weighted by molar-refractivity contribution is 0.341. The van der Waals surface area contributed by atoms with Gasteiger partial charge < -0.3 is 0 Å². The van der Waals surface area contributed by atoms with Crippen molar-refractivity contribution in [3.8, 4) is 0 Å². The summed E-state index contributed by atoms with van der Waals surface area (Å²) in [7, 11) is 0. The van der Waals surface area contributed by atoms with E-state index in [1.807, 2.05) is 0 Å². The van der Waals surface area contributed by atoms with Gasteiger partial charge in [0, 0.05) is 6.54 Å². The van der Waals surface area contributed by atoms with Crippen LogP contribution in [0.25, 0.3) is 0 Å². The molecule has 1 heterocycles. The summed E-state index contributed by atoms with van der Waals surface area (Å²) in [6, 6.07) is 11.0. The van der Waals surface area contributed by atoms with Gasteiger partial charge in [-0.3, -0.25) is 5.43 Å². The Morgan fingerprint density at radius 3 is 2.46 bits per heavy atom.